The number of hydrogen-bond donors (Lipinski definition) is 1. The highest BCUT2D eigenvalue weighted by molar-refractivity contribution is 5.65. The van der Waals surface area contributed by atoms with Gasteiger partial charge in [0.15, 0.2) is 5.82 Å². The van der Waals surface area contributed by atoms with Crippen LogP contribution < -0.4 is 5.32 Å². The van der Waals surface area contributed by atoms with E-state index < -0.39 is 0 Å². The van der Waals surface area contributed by atoms with E-state index >= 15 is 0 Å². The van der Waals surface area contributed by atoms with Gasteiger partial charge in [0.2, 0.25) is 0 Å². The molecule has 2 rings (SSSR count). The average Bonchev–Trinajstić information content (AvgIpc) is 2.85. The number of nitrogens with zero attached hydrogens (tertiary/aromatic N) is 2. The molecule has 0 radical (unpaired) electrons. The first-order valence-electron chi connectivity index (χ1n) is 6.42. The van der Waals surface area contributed by atoms with E-state index in [4.69, 9.17) is 4.52 Å². The Hall–Kier alpha value is -1.94. The molecule has 0 amide bonds. The summed E-state index contributed by atoms with van der Waals surface area (Å²) >= 11 is 0. The lowest BCUT2D eigenvalue weighted by molar-refractivity contribution is 0.400. The van der Waals surface area contributed by atoms with Gasteiger partial charge in [-0.1, -0.05) is 35.0 Å². The second kappa shape index (κ2) is 6.29. The van der Waals surface area contributed by atoms with E-state index in [0.717, 1.165) is 17.8 Å². The molecular formula is C15H19N3O. The SMILES string of the molecule is CNC(C)Cc1noc(/C=C/c2ccc(C)cc2)n1. The van der Waals surface area contributed by atoms with E-state index in [-0.39, 0.29) is 0 Å². The fourth-order valence-corrected chi connectivity index (χ4v) is 1.64. The van der Waals surface area contributed by atoms with Crippen molar-refractivity contribution in [3.05, 3.63) is 47.1 Å². The number of aromatic nitrogens is 2. The molecule has 0 saturated carbocycles. The topological polar surface area (TPSA) is 51.0 Å². The molecule has 0 saturated heterocycles. The molecule has 1 N–H and O–H groups in total. The second-order valence-corrected chi connectivity index (χ2v) is 4.69. The van der Waals surface area contributed by atoms with Gasteiger partial charge in [-0.3, -0.25) is 0 Å². The summed E-state index contributed by atoms with van der Waals surface area (Å²) < 4.78 is 5.18. The first-order valence-corrected chi connectivity index (χ1v) is 6.42. The first kappa shape index (κ1) is 13.5. The van der Waals surface area contributed by atoms with Gasteiger partial charge in [-0.15, -0.1) is 0 Å². The molecule has 0 fully saturated rings. The van der Waals surface area contributed by atoms with Crippen LogP contribution in [0.5, 0.6) is 0 Å². The van der Waals surface area contributed by atoms with E-state index in [1.807, 2.05) is 19.2 Å². The molecular weight excluding hydrogens is 238 g/mol. The molecule has 0 spiro atoms. The summed E-state index contributed by atoms with van der Waals surface area (Å²) in [6.45, 7) is 4.15. The molecule has 0 aliphatic heterocycles. The zero-order chi connectivity index (χ0) is 13.7. The van der Waals surface area contributed by atoms with Crippen LogP contribution in [0.2, 0.25) is 0 Å². The van der Waals surface area contributed by atoms with Gasteiger partial charge in [0.05, 0.1) is 0 Å². The van der Waals surface area contributed by atoms with Crippen LogP contribution in [-0.4, -0.2) is 23.2 Å². The molecule has 19 heavy (non-hydrogen) atoms. The predicted octanol–water partition coefficient (Wildman–Crippen LogP) is 2.70. The maximum absolute atomic E-state index is 5.18. The van der Waals surface area contributed by atoms with Gasteiger partial charge >= 0.3 is 0 Å². The minimum atomic E-state index is 0.339. The number of aryl methyl sites for hydroxylation is 1. The number of likely N-dealkylation sites (N-methyl/N-ethyl adjacent to an activating group) is 1. The predicted molar refractivity (Wildman–Crippen MR) is 76.6 cm³/mol. The van der Waals surface area contributed by atoms with Crippen molar-refractivity contribution in [3.63, 3.8) is 0 Å². The Morgan fingerprint density at radius 2 is 2.00 bits per heavy atom. The Morgan fingerprint density at radius 1 is 1.26 bits per heavy atom. The molecule has 0 aliphatic carbocycles. The van der Waals surface area contributed by atoms with Gasteiger partial charge in [0.25, 0.3) is 5.89 Å². The zero-order valence-electron chi connectivity index (χ0n) is 11.6. The normalized spacial score (nSPS) is 13.0. The number of rotatable bonds is 5. The van der Waals surface area contributed by atoms with E-state index in [9.17, 15) is 0 Å². The summed E-state index contributed by atoms with van der Waals surface area (Å²) in [6, 6.07) is 8.62. The van der Waals surface area contributed by atoms with Crippen LogP contribution in [0.25, 0.3) is 12.2 Å². The monoisotopic (exact) mass is 257 g/mol. The van der Waals surface area contributed by atoms with Crippen molar-refractivity contribution in [1.82, 2.24) is 15.5 Å². The standard InChI is InChI=1S/C15H19N3O/c1-11-4-6-13(7-5-11)8-9-15-17-14(18-19-15)10-12(2)16-3/h4-9,12,16H,10H2,1-3H3/b9-8+. The van der Waals surface area contributed by atoms with Crippen LogP contribution in [0, 0.1) is 6.92 Å². The summed E-state index contributed by atoms with van der Waals surface area (Å²) in [7, 11) is 1.92. The molecule has 1 aromatic heterocycles. The van der Waals surface area contributed by atoms with Gasteiger partial charge in [-0.05, 0) is 32.5 Å². The molecule has 1 unspecified atom stereocenters. The molecule has 1 atom stereocenters. The van der Waals surface area contributed by atoms with Gasteiger partial charge in [-0.2, -0.15) is 4.98 Å². The summed E-state index contributed by atoms with van der Waals surface area (Å²) in [5, 5.41) is 7.10. The van der Waals surface area contributed by atoms with Gasteiger partial charge in [-0.25, -0.2) is 0 Å². The van der Waals surface area contributed by atoms with Crippen molar-refractivity contribution in [2.75, 3.05) is 7.05 Å². The molecule has 100 valence electrons. The molecule has 4 nitrogen and oxygen atoms in total. The number of benzene rings is 1. The van der Waals surface area contributed by atoms with Gasteiger partial charge < -0.3 is 9.84 Å². The molecule has 0 bridgehead atoms. The Morgan fingerprint density at radius 3 is 2.68 bits per heavy atom. The number of nitrogens with one attached hydrogen (secondary N) is 1. The minimum absolute atomic E-state index is 0.339. The summed E-state index contributed by atoms with van der Waals surface area (Å²) in [5.74, 6) is 1.27. The highest BCUT2D eigenvalue weighted by Gasteiger charge is 2.07. The number of hydrogen-bond acceptors (Lipinski definition) is 4. The van der Waals surface area contributed by atoms with Crippen LogP contribution in [-0.2, 0) is 6.42 Å². The lowest BCUT2D eigenvalue weighted by Crippen LogP contribution is -2.24. The molecule has 0 aliphatic rings. The fourth-order valence-electron chi connectivity index (χ4n) is 1.64. The van der Waals surface area contributed by atoms with E-state index in [1.165, 1.54) is 5.56 Å². The summed E-state index contributed by atoms with van der Waals surface area (Å²) in [6.07, 6.45) is 4.57. The maximum atomic E-state index is 5.18. The van der Waals surface area contributed by atoms with Gasteiger partial charge in [0.1, 0.15) is 0 Å². The molecule has 1 aromatic carbocycles. The van der Waals surface area contributed by atoms with Crippen LogP contribution in [0.1, 0.15) is 29.8 Å². The molecule has 2 aromatic rings. The lowest BCUT2D eigenvalue weighted by Gasteiger charge is -2.04. The largest absolute Gasteiger partial charge is 0.335 e. The van der Waals surface area contributed by atoms with E-state index in [1.54, 1.807) is 0 Å². The van der Waals surface area contributed by atoms with Crippen molar-refractivity contribution >= 4 is 12.2 Å². The van der Waals surface area contributed by atoms with Gasteiger partial charge in [0, 0.05) is 18.5 Å². The highest BCUT2D eigenvalue weighted by atomic mass is 16.5. The highest BCUT2D eigenvalue weighted by Crippen LogP contribution is 2.09. The van der Waals surface area contributed by atoms with E-state index in [0.29, 0.717) is 11.9 Å². The van der Waals surface area contributed by atoms with Crippen molar-refractivity contribution < 1.29 is 4.52 Å². The fraction of sp³-hybridized carbons (Fsp3) is 0.333. The Bertz CT molecular complexity index is 543. The Labute approximate surface area is 113 Å². The summed E-state index contributed by atoms with van der Waals surface area (Å²) in [5.41, 5.74) is 2.37. The average molecular weight is 257 g/mol. The van der Waals surface area contributed by atoms with Crippen LogP contribution >= 0.6 is 0 Å². The third-order valence-corrected chi connectivity index (χ3v) is 2.96. The molecule has 1 heterocycles. The third kappa shape index (κ3) is 4.03. The zero-order valence-corrected chi connectivity index (χ0v) is 11.6. The molecule has 4 heteroatoms. The van der Waals surface area contributed by atoms with E-state index in [2.05, 4.69) is 53.6 Å². The van der Waals surface area contributed by atoms with Crippen molar-refractivity contribution in [3.8, 4) is 0 Å². The van der Waals surface area contributed by atoms with Crippen molar-refractivity contribution in [2.45, 2.75) is 26.3 Å². The van der Waals surface area contributed by atoms with Crippen LogP contribution in [0.4, 0.5) is 0 Å². The van der Waals surface area contributed by atoms with Crippen LogP contribution in [0.15, 0.2) is 28.8 Å². The smallest absolute Gasteiger partial charge is 0.250 e. The van der Waals surface area contributed by atoms with Crippen LogP contribution in [0.3, 0.4) is 0 Å². The maximum Gasteiger partial charge on any atom is 0.250 e. The lowest BCUT2D eigenvalue weighted by atomic mass is 10.1. The summed E-state index contributed by atoms with van der Waals surface area (Å²) in [4.78, 5) is 4.33. The second-order valence-electron chi connectivity index (χ2n) is 4.69. The first-order chi connectivity index (χ1) is 9.17. The third-order valence-electron chi connectivity index (χ3n) is 2.96. The minimum Gasteiger partial charge on any atom is -0.335 e. The van der Waals surface area contributed by atoms with Crippen molar-refractivity contribution in [2.24, 2.45) is 0 Å². The quantitative estimate of drug-likeness (QED) is 0.894. The Balaban J connectivity index is 2.01. The van der Waals surface area contributed by atoms with Crippen molar-refractivity contribution in [1.29, 1.82) is 0 Å². The Kier molecular flexibility index (Phi) is 4.47.